The molecule has 0 heterocycles. The van der Waals surface area contributed by atoms with Crippen molar-refractivity contribution in [1.29, 1.82) is 0 Å². The second kappa shape index (κ2) is 16.7. The van der Waals surface area contributed by atoms with Crippen LogP contribution in [0, 0.1) is 29.1 Å². The highest BCUT2D eigenvalue weighted by Crippen LogP contribution is 2.32. The van der Waals surface area contributed by atoms with Crippen LogP contribution in [-0.2, 0) is 20.7 Å². The van der Waals surface area contributed by atoms with Gasteiger partial charge in [0.2, 0.25) is 11.8 Å². The van der Waals surface area contributed by atoms with Gasteiger partial charge in [0, 0.05) is 38.6 Å². The van der Waals surface area contributed by atoms with Gasteiger partial charge in [0.25, 0.3) is 0 Å². The highest BCUT2D eigenvalue weighted by Gasteiger charge is 2.32. The highest BCUT2D eigenvalue weighted by atomic mass is 16.5. The van der Waals surface area contributed by atoms with Gasteiger partial charge >= 0.3 is 0 Å². The minimum atomic E-state index is -0.854. The molecule has 0 saturated heterocycles. The first kappa shape index (κ1) is 34.7. The van der Waals surface area contributed by atoms with E-state index in [2.05, 4.69) is 19.2 Å². The van der Waals surface area contributed by atoms with Crippen LogP contribution in [0.2, 0.25) is 0 Å². The molecule has 0 aliphatic heterocycles. The molecule has 4 atom stereocenters. The summed E-state index contributed by atoms with van der Waals surface area (Å²) in [5, 5.41) is 13.9. The summed E-state index contributed by atoms with van der Waals surface area (Å²) >= 11 is 0. The van der Waals surface area contributed by atoms with Gasteiger partial charge in [-0.3, -0.25) is 9.59 Å². The van der Waals surface area contributed by atoms with Crippen molar-refractivity contribution in [3.8, 4) is 11.5 Å². The van der Waals surface area contributed by atoms with E-state index in [0.29, 0.717) is 37.1 Å². The Morgan fingerprint density at radius 2 is 1.69 bits per heavy atom. The quantitative estimate of drug-likeness (QED) is 0.193. The van der Waals surface area contributed by atoms with Crippen LogP contribution in [0.5, 0.6) is 11.5 Å². The Bertz CT molecular complexity index is 889. The lowest BCUT2D eigenvalue weighted by Gasteiger charge is -2.30. The molecule has 9 heteroatoms. The van der Waals surface area contributed by atoms with Crippen LogP contribution in [-0.4, -0.2) is 63.0 Å². The Labute approximate surface area is 235 Å². The highest BCUT2D eigenvalue weighted by molar-refractivity contribution is 5.83. The first-order valence-electron chi connectivity index (χ1n) is 14.0. The Balaban J connectivity index is 2.87. The smallest absolute Gasteiger partial charge is 0.224 e. The van der Waals surface area contributed by atoms with Gasteiger partial charge in [0.1, 0.15) is 0 Å². The molecule has 39 heavy (non-hydrogen) atoms. The molecular weight excluding hydrogens is 498 g/mol. The average Bonchev–Trinajstić information content (AvgIpc) is 2.87. The summed E-state index contributed by atoms with van der Waals surface area (Å²) in [4.78, 5) is 24.5. The lowest BCUT2D eigenvalue weighted by Crippen LogP contribution is -2.46. The van der Waals surface area contributed by atoms with Crippen molar-refractivity contribution in [1.82, 2.24) is 5.32 Å². The fourth-order valence-corrected chi connectivity index (χ4v) is 4.39. The SMILES string of the molecule is COCCCOc1cc(CC(CC(N)[C@@H](O)C[C@H](C(=O)NCC(C)(C)C(N)=O)C(C)C)C(C)C)ccc1OC. The predicted molar refractivity (Wildman–Crippen MR) is 155 cm³/mol. The van der Waals surface area contributed by atoms with Crippen LogP contribution >= 0.6 is 0 Å². The van der Waals surface area contributed by atoms with Gasteiger partial charge < -0.3 is 36.1 Å². The second-order valence-electron chi connectivity index (χ2n) is 11.9. The number of benzene rings is 1. The molecule has 0 aliphatic carbocycles. The molecule has 2 unspecified atom stereocenters. The Morgan fingerprint density at radius 3 is 2.23 bits per heavy atom. The summed E-state index contributed by atoms with van der Waals surface area (Å²) in [6.45, 7) is 12.9. The van der Waals surface area contributed by atoms with E-state index in [1.54, 1.807) is 28.1 Å². The number of carbonyl (C=O) groups is 2. The molecule has 0 saturated carbocycles. The van der Waals surface area contributed by atoms with Crippen molar-refractivity contribution in [2.24, 2.45) is 40.6 Å². The lowest BCUT2D eigenvalue weighted by atomic mass is 9.80. The van der Waals surface area contributed by atoms with E-state index in [4.69, 9.17) is 25.7 Å². The van der Waals surface area contributed by atoms with Crippen LogP contribution in [0.15, 0.2) is 18.2 Å². The fraction of sp³-hybridized carbons (Fsp3) is 0.733. The summed E-state index contributed by atoms with van der Waals surface area (Å²) in [6.07, 6.45) is 1.56. The van der Waals surface area contributed by atoms with Crippen LogP contribution in [0.3, 0.4) is 0 Å². The molecule has 0 aromatic heterocycles. The minimum absolute atomic E-state index is 0.00829. The number of methoxy groups -OCH3 is 2. The van der Waals surface area contributed by atoms with Crippen molar-refractivity contribution < 1.29 is 28.9 Å². The lowest BCUT2D eigenvalue weighted by molar-refractivity contribution is -0.130. The number of aliphatic hydroxyl groups excluding tert-OH is 1. The molecular formula is C30H53N3O6. The van der Waals surface area contributed by atoms with Gasteiger partial charge in [-0.2, -0.15) is 0 Å². The maximum atomic E-state index is 12.9. The summed E-state index contributed by atoms with van der Waals surface area (Å²) in [6, 6.07) is 5.47. The van der Waals surface area contributed by atoms with E-state index in [1.807, 2.05) is 32.0 Å². The van der Waals surface area contributed by atoms with E-state index < -0.39 is 29.4 Å². The van der Waals surface area contributed by atoms with Crippen LogP contribution in [0.25, 0.3) is 0 Å². The molecule has 0 fully saturated rings. The van der Waals surface area contributed by atoms with E-state index in [-0.39, 0.29) is 30.7 Å². The number of hydrogen-bond acceptors (Lipinski definition) is 7. The topological polar surface area (TPSA) is 146 Å². The molecule has 0 radical (unpaired) electrons. The molecule has 1 rings (SSSR count). The normalized spacial score (nSPS) is 15.1. The summed E-state index contributed by atoms with van der Waals surface area (Å²) < 4.78 is 16.5. The zero-order valence-electron chi connectivity index (χ0n) is 25.3. The molecule has 1 aromatic rings. The van der Waals surface area contributed by atoms with Crippen LogP contribution < -0.4 is 26.3 Å². The number of nitrogens with two attached hydrogens (primary N) is 2. The van der Waals surface area contributed by atoms with Gasteiger partial charge in [-0.15, -0.1) is 0 Å². The van der Waals surface area contributed by atoms with Gasteiger partial charge in [-0.25, -0.2) is 0 Å². The first-order valence-corrected chi connectivity index (χ1v) is 14.0. The van der Waals surface area contributed by atoms with Crippen LogP contribution in [0.1, 0.15) is 66.4 Å². The maximum Gasteiger partial charge on any atom is 0.224 e. The number of rotatable bonds is 19. The number of amides is 2. The molecule has 0 bridgehead atoms. The number of nitrogens with one attached hydrogen (secondary N) is 1. The van der Waals surface area contributed by atoms with Crippen molar-refractivity contribution in [2.75, 3.05) is 34.0 Å². The van der Waals surface area contributed by atoms with Crippen molar-refractivity contribution in [3.05, 3.63) is 23.8 Å². The monoisotopic (exact) mass is 551 g/mol. The number of carbonyl (C=O) groups excluding carboxylic acids is 2. The summed E-state index contributed by atoms with van der Waals surface area (Å²) in [5.41, 5.74) is 12.2. The Morgan fingerprint density at radius 1 is 1.03 bits per heavy atom. The molecule has 2 amide bonds. The first-order chi connectivity index (χ1) is 18.2. The second-order valence-corrected chi connectivity index (χ2v) is 11.9. The van der Waals surface area contributed by atoms with E-state index in [9.17, 15) is 14.7 Å². The average molecular weight is 552 g/mol. The third-order valence-corrected chi connectivity index (χ3v) is 7.50. The predicted octanol–water partition coefficient (Wildman–Crippen LogP) is 3.29. The van der Waals surface area contributed by atoms with Crippen molar-refractivity contribution in [2.45, 2.75) is 79.4 Å². The molecule has 9 nitrogen and oxygen atoms in total. The third-order valence-electron chi connectivity index (χ3n) is 7.50. The van der Waals surface area contributed by atoms with E-state index in [0.717, 1.165) is 18.4 Å². The minimum Gasteiger partial charge on any atom is -0.493 e. The van der Waals surface area contributed by atoms with Gasteiger partial charge in [0.05, 0.1) is 25.2 Å². The summed E-state index contributed by atoms with van der Waals surface area (Å²) in [7, 11) is 3.29. The van der Waals surface area contributed by atoms with Gasteiger partial charge in [-0.05, 0) is 68.6 Å². The molecule has 0 spiro atoms. The number of aliphatic hydroxyl groups is 1. The van der Waals surface area contributed by atoms with Crippen molar-refractivity contribution in [3.63, 3.8) is 0 Å². The maximum absolute atomic E-state index is 12.9. The molecule has 6 N–H and O–H groups in total. The molecule has 1 aromatic carbocycles. The Hall–Kier alpha value is -2.36. The van der Waals surface area contributed by atoms with Gasteiger partial charge in [0.15, 0.2) is 11.5 Å². The summed E-state index contributed by atoms with van der Waals surface area (Å²) in [5.74, 6) is 0.792. The third kappa shape index (κ3) is 11.7. The fourth-order valence-electron chi connectivity index (χ4n) is 4.39. The number of primary amides is 1. The van der Waals surface area contributed by atoms with E-state index in [1.165, 1.54) is 0 Å². The molecule has 0 aliphatic rings. The zero-order valence-corrected chi connectivity index (χ0v) is 25.3. The molecule has 224 valence electrons. The van der Waals surface area contributed by atoms with Crippen LogP contribution in [0.4, 0.5) is 0 Å². The Kier molecular flexibility index (Phi) is 14.8. The number of ether oxygens (including phenoxy) is 3. The largest absolute Gasteiger partial charge is 0.493 e. The number of hydrogen-bond donors (Lipinski definition) is 4. The van der Waals surface area contributed by atoms with E-state index >= 15 is 0 Å². The van der Waals surface area contributed by atoms with Gasteiger partial charge in [-0.1, -0.05) is 33.8 Å². The van der Waals surface area contributed by atoms with Crippen molar-refractivity contribution >= 4 is 11.8 Å². The zero-order chi connectivity index (χ0) is 29.8. The standard InChI is InChI=1S/C30H53N3O6/c1-19(2)22(14-21-10-11-26(38-8)27(15-21)39-13-9-12-37-7)16-24(31)25(34)17-23(20(3)4)28(35)33-18-30(5,6)29(32)36/h10-11,15,19-20,22-25,34H,9,12-14,16-18,31H2,1-8H3,(H2,32,36)(H,33,35)/t22?,23-,24?,25-/m0/s1.